The molecule has 7 nitrogen and oxygen atoms in total. The van der Waals surface area contributed by atoms with Gasteiger partial charge in [0.25, 0.3) is 5.71 Å². The zero-order valence-electron chi connectivity index (χ0n) is 6.97. The topological polar surface area (TPSA) is 109 Å². The van der Waals surface area contributed by atoms with Gasteiger partial charge in [-0.05, 0) is 0 Å². The summed E-state index contributed by atoms with van der Waals surface area (Å²) in [4.78, 5) is 24.6. The molecule has 0 aliphatic rings. The van der Waals surface area contributed by atoms with Gasteiger partial charge in [-0.3, -0.25) is 4.84 Å². The van der Waals surface area contributed by atoms with E-state index in [0.29, 0.717) is 0 Å². The van der Waals surface area contributed by atoms with Gasteiger partial charge in [-0.2, -0.15) is 5.26 Å². The summed E-state index contributed by atoms with van der Waals surface area (Å²) in [6.07, 6.45) is 0.0757. The summed E-state index contributed by atoms with van der Waals surface area (Å²) < 4.78 is 4.28. The Labute approximate surface area is 78.8 Å². The van der Waals surface area contributed by atoms with Crippen LogP contribution in [-0.2, 0) is 14.4 Å². The van der Waals surface area contributed by atoms with E-state index in [1.54, 1.807) is 0 Å². The van der Waals surface area contributed by atoms with Gasteiger partial charge in [-0.1, -0.05) is 17.8 Å². The van der Waals surface area contributed by atoms with Crippen LogP contribution in [0.4, 0.5) is 4.79 Å². The predicted octanol–water partition coefficient (Wildman–Crippen LogP) is 0.290. The smallest absolute Gasteiger partial charge is 0.476 e. The molecular weight excluding hydrogens is 192 g/mol. The first kappa shape index (κ1) is 11.6. The Kier molecular flexibility index (Phi) is 5.15. The number of rotatable bonds is 4. The Bertz CT molecular complexity index is 315. The van der Waals surface area contributed by atoms with E-state index in [9.17, 15) is 9.59 Å². The molecule has 7 heteroatoms. The SMILES string of the molecule is C=CCOC(=O)ON=C(C#N)C(=O)O. The van der Waals surface area contributed by atoms with Crippen molar-refractivity contribution in [3.63, 3.8) is 0 Å². The number of carbonyl (C=O) groups is 2. The van der Waals surface area contributed by atoms with Crippen LogP contribution in [-0.4, -0.2) is 29.5 Å². The standard InChI is InChI=1S/C7H6N2O5/c1-2-3-13-7(12)14-9-5(4-8)6(10)11/h2H,1,3H2,(H,10,11). The fourth-order valence-corrected chi connectivity index (χ4v) is 0.344. The number of hydrogen-bond acceptors (Lipinski definition) is 6. The van der Waals surface area contributed by atoms with E-state index >= 15 is 0 Å². The third-order valence-corrected chi connectivity index (χ3v) is 0.839. The average Bonchev–Trinajstić information content (AvgIpc) is 2.15. The van der Waals surface area contributed by atoms with Crippen molar-refractivity contribution in [3.05, 3.63) is 12.7 Å². The molecule has 0 aliphatic carbocycles. The number of carbonyl (C=O) groups excluding carboxylic acids is 1. The largest absolute Gasteiger partial charge is 0.535 e. The number of oxime groups is 1. The normalized spacial score (nSPS) is 9.79. The van der Waals surface area contributed by atoms with Gasteiger partial charge >= 0.3 is 12.1 Å². The van der Waals surface area contributed by atoms with E-state index in [2.05, 4.69) is 21.3 Å². The van der Waals surface area contributed by atoms with E-state index in [1.807, 2.05) is 0 Å². The molecule has 0 heterocycles. The summed E-state index contributed by atoms with van der Waals surface area (Å²) in [6, 6.07) is 1.21. The van der Waals surface area contributed by atoms with Crippen molar-refractivity contribution < 1.29 is 24.3 Å². The van der Waals surface area contributed by atoms with E-state index in [1.165, 1.54) is 12.1 Å². The van der Waals surface area contributed by atoms with Crippen LogP contribution in [0.5, 0.6) is 0 Å². The summed E-state index contributed by atoms with van der Waals surface area (Å²) in [5.41, 5.74) is -0.944. The molecule has 0 spiro atoms. The van der Waals surface area contributed by atoms with Crippen LogP contribution >= 0.6 is 0 Å². The predicted molar refractivity (Wildman–Crippen MR) is 43.3 cm³/mol. The summed E-state index contributed by atoms with van der Waals surface area (Å²) in [7, 11) is 0. The van der Waals surface area contributed by atoms with E-state index < -0.39 is 17.8 Å². The first-order chi connectivity index (χ1) is 6.61. The highest BCUT2D eigenvalue weighted by atomic mass is 16.8. The number of ether oxygens (including phenoxy) is 1. The molecule has 0 fully saturated rings. The minimum atomic E-state index is -1.59. The molecule has 0 saturated heterocycles. The second kappa shape index (κ2) is 6.19. The Morgan fingerprint density at radius 3 is 2.71 bits per heavy atom. The van der Waals surface area contributed by atoms with Gasteiger partial charge in [0.1, 0.15) is 12.7 Å². The van der Waals surface area contributed by atoms with Gasteiger partial charge < -0.3 is 9.84 Å². The Balaban J connectivity index is 4.14. The Morgan fingerprint density at radius 1 is 1.64 bits per heavy atom. The van der Waals surface area contributed by atoms with Crippen molar-refractivity contribution in [1.82, 2.24) is 0 Å². The lowest BCUT2D eigenvalue weighted by Crippen LogP contribution is -2.13. The van der Waals surface area contributed by atoms with Gasteiger partial charge in [0.2, 0.25) is 0 Å². The van der Waals surface area contributed by atoms with Crippen LogP contribution in [0, 0.1) is 11.3 Å². The Morgan fingerprint density at radius 2 is 2.29 bits per heavy atom. The van der Waals surface area contributed by atoms with E-state index in [-0.39, 0.29) is 6.61 Å². The van der Waals surface area contributed by atoms with Crippen molar-refractivity contribution in [1.29, 1.82) is 5.26 Å². The number of aliphatic carboxylic acids is 1. The van der Waals surface area contributed by atoms with Crippen LogP contribution in [0.3, 0.4) is 0 Å². The van der Waals surface area contributed by atoms with Crippen molar-refractivity contribution in [2.24, 2.45) is 5.16 Å². The molecule has 0 radical (unpaired) electrons. The molecule has 0 unspecified atom stereocenters. The van der Waals surface area contributed by atoms with Crippen LogP contribution in [0.15, 0.2) is 17.8 Å². The van der Waals surface area contributed by atoms with Crippen LogP contribution in [0.25, 0.3) is 0 Å². The fraction of sp³-hybridized carbons (Fsp3) is 0.143. The molecule has 14 heavy (non-hydrogen) atoms. The number of hydrogen-bond donors (Lipinski definition) is 1. The van der Waals surface area contributed by atoms with Crippen LogP contribution in [0.1, 0.15) is 0 Å². The molecule has 0 aliphatic heterocycles. The monoisotopic (exact) mass is 198 g/mol. The van der Waals surface area contributed by atoms with E-state index in [4.69, 9.17) is 10.4 Å². The maximum atomic E-state index is 10.5. The van der Waals surface area contributed by atoms with Crippen molar-refractivity contribution >= 4 is 17.8 Å². The molecule has 74 valence electrons. The Hall–Kier alpha value is -2.36. The quantitative estimate of drug-likeness (QED) is 0.228. The first-order valence-electron chi connectivity index (χ1n) is 3.28. The molecule has 0 atom stereocenters. The second-order valence-corrected chi connectivity index (χ2v) is 1.80. The molecule has 0 saturated carbocycles. The molecule has 0 aromatic rings. The molecule has 0 rings (SSSR count). The zero-order valence-corrected chi connectivity index (χ0v) is 6.97. The molecule has 0 amide bonds. The van der Waals surface area contributed by atoms with Crippen LogP contribution < -0.4 is 0 Å². The summed E-state index contributed by atoms with van der Waals surface area (Å²) in [6.45, 7) is 3.16. The number of carboxylic acids is 1. The average molecular weight is 198 g/mol. The maximum Gasteiger partial charge on any atom is 0.535 e. The summed E-state index contributed by atoms with van der Waals surface area (Å²) in [5.74, 6) is -1.59. The third-order valence-electron chi connectivity index (χ3n) is 0.839. The van der Waals surface area contributed by atoms with Gasteiger partial charge in [-0.15, -0.1) is 0 Å². The summed E-state index contributed by atoms with van der Waals surface area (Å²) in [5, 5.41) is 19.2. The molecule has 0 bridgehead atoms. The highest BCUT2D eigenvalue weighted by Crippen LogP contribution is 1.88. The zero-order chi connectivity index (χ0) is 11.0. The highest BCUT2D eigenvalue weighted by molar-refractivity contribution is 6.42. The molecular formula is C7H6N2O5. The molecule has 0 aromatic carbocycles. The first-order valence-corrected chi connectivity index (χ1v) is 3.28. The van der Waals surface area contributed by atoms with E-state index in [0.717, 1.165) is 0 Å². The highest BCUT2D eigenvalue weighted by Gasteiger charge is 2.10. The van der Waals surface area contributed by atoms with Crippen molar-refractivity contribution in [2.75, 3.05) is 6.61 Å². The second-order valence-electron chi connectivity index (χ2n) is 1.80. The minimum Gasteiger partial charge on any atom is -0.476 e. The fourth-order valence-electron chi connectivity index (χ4n) is 0.344. The van der Waals surface area contributed by atoms with Crippen molar-refractivity contribution in [3.8, 4) is 6.07 Å². The van der Waals surface area contributed by atoms with Gasteiger partial charge in [0, 0.05) is 0 Å². The van der Waals surface area contributed by atoms with Crippen molar-refractivity contribution in [2.45, 2.75) is 0 Å². The maximum absolute atomic E-state index is 10.5. The molecule has 0 aromatic heterocycles. The minimum absolute atomic E-state index is 0.0939. The summed E-state index contributed by atoms with van der Waals surface area (Å²) >= 11 is 0. The molecule has 1 N–H and O–H groups in total. The lowest BCUT2D eigenvalue weighted by molar-refractivity contribution is -0.129. The lowest BCUT2D eigenvalue weighted by Gasteiger charge is -1.96. The lowest BCUT2D eigenvalue weighted by atomic mass is 10.4. The third kappa shape index (κ3) is 4.50. The van der Waals surface area contributed by atoms with Gasteiger partial charge in [-0.25, -0.2) is 9.59 Å². The van der Waals surface area contributed by atoms with Gasteiger partial charge in [0.15, 0.2) is 0 Å². The number of carboxylic acid groups (broad SMARTS) is 1. The van der Waals surface area contributed by atoms with Gasteiger partial charge in [0.05, 0.1) is 0 Å². The van der Waals surface area contributed by atoms with Crippen LogP contribution in [0.2, 0.25) is 0 Å². The number of nitrogens with zero attached hydrogens (tertiary/aromatic N) is 2. The number of nitriles is 1.